The van der Waals surface area contributed by atoms with E-state index < -0.39 is 6.04 Å². The lowest BCUT2D eigenvalue weighted by molar-refractivity contribution is -0.129. The van der Waals surface area contributed by atoms with Gasteiger partial charge in [-0.1, -0.05) is 13.0 Å². The molecule has 3 amide bonds. The second-order valence-electron chi connectivity index (χ2n) is 5.05. The SMILES string of the molecule is CCCNC(=O)[C@@H](C)NC(=O)C[C@H](NC(C)=O)c1cccs1. The lowest BCUT2D eigenvalue weighted by Crippen LogP contribution is -2.45. The van der Waals surface area contributed by atoms with Gasteiger partial charge in [-0.15, -0.1) is 11.3 Å². The van der Waals surface area contributed by atoms with Crippen LogP contribution in [-0.4, -0.2) is 30.3 Å². The molecule has 3 N–H and O–H groups in total. The van der Waals surface area contributed by atoms with E-state index in [2.05, 4.69) is 16.0 Å². The summed E-state index contributed by atoms with van der Waals surface area (Å²) in [5, 5.41) is 10.0. The van der Waals surface area contributed by atoms with Crippen LogP contribution in [0.15, 0.2) is 17.5 Å². The number of hydrogen-bond donors (Lipinski definition) is 3. The molecule has 0 radical (unpaired) electrons. The van der Waals surface area contributed by atoms with Crippen LogP contribution >= 0.6 is 11.3 Å². The molecule has 0 aliphatic carbocycles. The Balaban J connectivity index is 2.56. The maximum absolute atomic E-state index is 12.1. The van der Waals surface area contributed by atoms with Gasteiger partial charge in [-0.3, -0.25) is 14.4 Å². The summed E-state index contributed by atoms with van der Waals surface area (Å²) in [6.07, 6.45) is 0.945. The highest BCUT2D eigenvalue weighted by Crippen LogP contribution is 2.21. The van der Waals surface area contributed by atoms with Crippen molar-refractivity contribution >= 4 is 29.1 Å². The van der Waals surface area contributed by atoms with Gasteiger partial charge in [-0.25, -0.2) is 0 Å². The van der Waals surface area contributed by atoms with E-state index in [0.717, 1.165) is 11.3 Å². The molecule has 0 aliphatic rings. The number of carbonyl (C=O) groups excluding carboxylic acids is 3. The molecule has 122 valence electrons. The minimum atomic E-state index is -0.597. The number of rotatable bonds is 8. The maximum Gasteiger partial charge on any atom is 0.242 e. The topological polar surface area (TPSA) is 87.3 Å². The zero-order valence-corrected chi connectivity index (χ0v) is 14.0. The molecule has 1 heterocycles. The normalized spacial score (nSPS) is 13.0. The van der Waals surface area contributed by atoms with E-state index in [-0.39, 0.29) is 30.2 Å². The molecule has 0 aromatic carbocycles. The molecule has 1 aromatic heterocycles. The largest absolute Gasteiger partial charge is 0.354 e. The summed E-state index contributed by atoms with van der Waals surface area (Å²) in [6, 6.07) is 2.77. The monoisotopic (exact) mass is 325 g/mol. The van der Waals surface area contributed by atoms with Crippen LogP contribution in [0.25, 0.3) is 0 Å². The summed E-state index contributed by atoms with van der Waals surface area (Å²) >= 11 is 1.48. The van der Waals surface area contributed by atoms with E-state index in [1.54, 1.807) is 6.92 Å². The van der Waals surface area contributed by atoms with Crippen molar-refractivity contribution in [1.82, 2.24) is 16.0 Å². The lowest BCUT2D eigenvalue weighted by atomic mass is 10.1. The van der Waals surface area contributed by atoms with Gasteiger partial charge in [-0.2, -0.15) is 0 Å². The van der Waals surface area contributed by atoms with Gasteiger partial charge in [0.2, 0.25) is 17.7 Å². The smallest absolute Gasteiger partial charge is 0.242 e. The van der Waals surface area contributed by atoms with E-state index in [4.69, 9.17) is 0 Å². The van der Waals surface area contributed by atoms with Gasteiger partial charge in [0, 0.05) is 18.3 Å². The zero-order chi connectivity index (χ0) is 16.5. The third kappa shape index (κ3) is 6.26. The van der Waals surface area contributed by atoms with Gasteiger partial charge < -0.3 is 16.0 Å². The summed E-state index contributed by atoms with van der Waals surface area (Å²) in [5.74, 6) is -0.673. The van der Waals surface area contributed by atoms with Crippen molar-refractivity contribution in [2.75, 3.05) is 6.54 Å². The second kappa shape index (κ2) is 9.19. The van der Waals surface area contributed by atoms with Crippen LogP contribution in [0, 0.1) is 0 Å². The van der Waals surface area contributed by atoms with Gasteiger partial charge in [0.05, 0.1) is 12.5 Å². The fraction of sp³-hybridized carbons (Fsp3) is 0.533. The van der Waals surface area contributed by atoms with Crippen molar-refractivity contribution in [1.29, 1.82) is 0 Å². The van der Waals surface area contributed by atoms with Crippen molar-refractivity contribution in [3.63, 3.8) is 0 Å². The molecule has 7 heteroatoms. The van der Waals surface area contributed by atoms with Gasteiger partial charge in [-0.05, 0) is 24.8 Å². The first-order valence-corrected chi connectivity index (χ1v) is 8.19. The first-order chi connectivity index (χ1) is 10.4. The molecule has 6 nitrogen and oxygen atoms in total. The van der Waals surface area contributed by atoms with Crippen molar-refractivity contribution in [3.8, 4) is 0 Å². The number of amides is 3. The molecule has 0 fully saturated rings. The minimum Gasteiger partial charge on any atom is -0.354 e. The van der Waals surface area contributed by atoms with Crippen molar-refractivity contribution in [2.45, 2.75) is 45.7 Å². The zero-order valence-electron chi connectivity index (χ0n) is 13.1. The minimum absolute atomic E-state index is 0.103. The van der Waals surface area contributed by atoms with Crippen LogP contribution in [0.4, 0.5) is 0 Å². The number of hydrogen-bond acceptors (Lipinski definition) is 4. The third-order valence-electron chi connectivity index (χ3n) is 2.97. The van der Waals surface area contributed by atoms with Crippen LogP contribution in [0.2, 0.25) is 0 Å². The Morgan fingerprint density at radius 3 is 2.55 bits per heavy atom. The standard InChI is InChI=1S/C15H23N3O3S/c1-4-7-16-15(21)10(2)17-14(20)9-12(18-11(3)19)13-6-5-8-22-13/h5-6,8,10,12H,4,7,9H2,1-3H3,(H,16,21)(H,17,20)(H,18,19)/t10-,12+/m1/s1. The predicted molar refractivity (Wildman–Crippen MR) is 86.4 cm³/mol. The van der Waals surface area contributed by atoms with Gasteiger partial charge in [0.1, 0.15) is 6.04 Å². The highest BCUT2D eigenvalue weighted by atomic mass is 32.1. The molecule has 22 heavy (non-hydrogen) atoms. The van der Waals surface area contributed by atoms with E-state index in [0.29, 0.717) is 6.54 Å². The number of nitrogens with one attached hydrogen (secondary N) is 3. The molecular weight excluding hydrogens is 302 g/mol. The molecule has 0 unspecified atom stereocenters. The third-order valence-corrected chi connectivity index (χ3v) is 3.96. The summed E-state index contributed by atoms with van der Waals surface area (Å²) in [6.45, 7) is 5.60. The number of carbonyl (C=O) groups is 3. The van der Waals surface area contributed by atoms with Crippen LogP contribution in [-0.2, 0) is 14.4 Å². The molecule has 1 aromatic rings. The second-order valence-corrected chi connectivity index (χ2v) is 6.03. The molecule has 1 rings (SSSR count). The lowest BCUT2D eigenvalue weighted by Gasteiger charge is -2.18. The quantitative estimate of drug-likeness (QED) is 0.674. The summed E-state index contributed by atoms with van der Waals surface area (Å²) in [7, 11) is 0. The first kappa shape index (κ1) is 18.2. The van der Waals surface area contributed by atoms with Crippen LogP contribution in [0.5, 0.6) is 0 Å². The average molecular weight is 325 g/mol. The van der Waals surface area contributed by atoms with E-state index >= 15 is 0 Å². The Morgan fingerprint density at radius 1 is 1.27 bits per heavy atom. The highest BCUT2D eigenvalue weighted by molar-refractivity contribution is 7.10. The number of thiophene rings is 1. The van der Waals surface area contributed by atoms with E-state index in [9.17, 15) is 14.4 Å². The van der Waals surface area contributed by atoms with Crippen LogP contribution < -0.4 is 16.0 Å². The van der Waals surface area contributed by atoms with Crippen LogP contribution in [0.3, 0.4) is 0 Å². The van der Waals surface area contributed by atoms with Crippen LogP contribution in [0.1, 0.15) is 44.5 Å². The van der Waals surface area contributed by atoms with Crippen molar-refractivity contribution in [3.05, 3.63) is 22.4 Å². The molecule has 0 bridgehead atoms. The molecule has 0 aliphatic heterocycles. The molecule has 2 atom stereocenters. The fourth-order valence-corrected chi connectivity index (χ4v) is 2.69. The summed E-state index contributed by atoms with van der Waals surface area (Å²) in [5.41, 5.74) is 0. The Morgan fingerprint density at radius 2 is 2.00 bits per heavy atom. The van der Waals surface area contributed by atoms with Gasteiger partial charge in [0.15, 0.2) is 0 Å². The Bertz CT molecular complexity index is 502. The predicted octanol–water partition coefficient (Wildman–Crippen LogP) is 1.35. The molecule has 0 saturated heterocycles. The van der Waals surface area contributed by atoms with E-state index in [1.807, 2.05) is 24.4 Å². The Labute approximate surface area is 134 Å². The van der Waals surface area contributed by atoms with Gasteiger partial charge >= 0.3 is 0 Å². The van der Waals surface area contributed by atoms with E-state index in [1.165, 1.54) is 18.3 Å². The molecular formula is C15H23N3O3S. The van der Waals surface area contributed by atoms with Crippen molar-refractivity contribution in [2.24, 2.45) is 0 Å². The summed E-state index contributed by atoms with van der Waals surface area (Å²) in [4.78, 5) is 36.0. The first-order valence-electron chi connectivity index (χ1n) is 7.31. The highest BCUT2D eigenvalue weighted by Gasteiger charge is 2.21. The van der Waals surface area contributed by atoms with Crippen molar-refractivity contribution < 1.29 is 14.4 Å². The Hall–Kier alpha value is -1.89. The maximum atomic E-state index is 12.1. The van der Waals surface area contributed by atoms with Gasteiger partial charge in [0.25, 0.3) is 0 Å². The summed E-state index contributed by atoms with van der Waals surface area (Å²) < 4.78 is 0. The fourth-order valence-electron chi connectivity index (χ4n) is 1.91. The molecule has 0 spiro atoms. The molecule has 0 saturated carbocycles. The Kier molecular flexibility index (Phi) is 7.59. The average Bonchev–Trinajstić information content (AvgIpc) is 2.97.